The van der Waals surface area contributed by atoms with Crippen LogP contribution in [-0.4, -0.2) is 91.5 Å². The summed E-state index contributed by atoms with van der Waals surface area (Å²) in [6.07, 6.45) is 8.26. The van der Waals surface area contributed by atoms with Crippen LogP contribution in [0.4, 0.5) is 0 Å². The summed E-state index contributed by atoms with van der Waals surface area (Å²) >= 11 is 0. The number of aliphatic hydroxyl groups excluding tert-OH is 6. The predicted molar refractivity (Wildman–Crippen MR) is 128 cm³/mol. The Morgan fingerprint density at radius 2 is 1.33 bits per heavy atom. The molecule has 0 aromatic rings. The first kappa shape index (κ1) is 32.4. The third-order valence-corrected chi connectivity index (χ3v) is 6.36. The molecular formula is C24H49NO8. The summed E-state index contributed by atoms with van der Waals surface area (Å²) in [6.45, 7) is 1.64. The van der Waals surface area contributed by atoms with Gasteiger partial charge in [0.2, 0.25) is 0 Å². The second-order valence-corrected chi connectivity index (χ2v) is 9.10. The van der Waals surface area contributed by atoms with Crippen LogP contribution in [0.3, 0.4) is 0 Å². The highest BCUT2D eigenvalue weighted by molar-refractivity contribution is 5.02. The molecule has 0 radical (unpaired) electrons. The van der Waals surface area contributed by atoms with Gasteiger partial charge in [0, 0.05) is 0 Å². The van der Waals surface area contributed by atoms with Crippen molar-refractivity contribution in [3.05, 3.63) is 12.2 Å². The summed E-state index contributed by atoms with van der Waals surface area (Å²) in [4.78, 5) is 0. The van der Waals surface area contributed by atoms with E-state index in [9.17, 15) is 30.6 Å². The molecule has 1 fully saturated rings. The molecule has 0 bridgehead atoms. The van der Waals surface area contributed by atoms with Crippen molar-refractivity contribution in [2.75, 3.05) is 6.61 Å². The van der Waals surface area contributed by atoms with Gasteiger partial charge in [0.1, 0.15) is 36.6 Å². The number of ether oxygens (including phenoxy) is 1. The van der Waals surface area contributed by atoms with Gasteiger partial charge in [-0.3, -0.25) is 0 Å². The molecule has 33 heavy (non-hydrogen) atoms. The van der Waals surface area contributed by atoms with Crippen molar-refractivity contribution >= 4 is 0 Å². The van der Waals surface area contributed by atoms with Crippen LogP contribution in [0.25, 0.3) is 0 Å². The number of hydrogen-bond donors (Lipinski definition) is 7. The molecule has 10 N–H and O–H groups in total. The number of nitrogens with two attached hydrogens (primary N) is 1. The van der Waals surface area contributed by atoms with Crippen LogP contribution in [0.2, 0.25) is 0 Å². The quantitative estimate of drug-likeness (QED) is 0.115. The van der Waals surface area contributed by atoms with Crippen LogP contribution in [-0.2, 0) is 4.74 Å². The van der Waals surface area contributed by atoms with E-state index in [0.29, 0.717) is 0 Å². The maximum absolute atomic E-state index is 10.4. The second kappa shape index (κ2) is 18.7. The highest BCUT2D eigenvalue weighted by Gasteiger charge is 2.47. The van der Waals surface area contributed by atoms with E-state index < -0.39 is 55.4 Å². The number of allylic oxidation sites excluding steroid dienone is 1. The molecule has 2 unspecified atom stereocenters. The second-order valence-electron chi connectivity index (χ2n) is 9.10. The minimum absolute atomic E-state index is 0. The van der Waals surface area contributed by atoms with Gasteiger partial charge in [-0.2, -0.15) is 0 Å². The lowest BCUT2D eigenvalue weighted by atomic mass is 9.88. The van der Waals surface area contributed by atoms with Gasteiger partial charge in [-0.05, 0) is 12.8 Å². The zero-order chi connectivity index (χ0) is 23.9. The number of aliphatic hydroxyl groups is 6. The fourth-order valence-electron chi connectivity index (χ4n) is 4.12. The lowest BCUT2D eigenvalue weighted by Crippen LogP contribution is -2.64. The zero-order valence-corrected chi connectivity index (χ0v) is 20.1. The van der Waals surface area contributed by atoms with Crippen molar-refractivity contribution in [3.63, 3.8) is 0 Å². The first-order valence-electron chi connectivity index (χ1n) is 12.4. The maximum atomic E-state index is 10.4. The minimum atomic E-state index is -1.60. The highest BCUT2D eigenvalue weighted by atomic mass is 16.6. The first-order valence-corrected chi connectivity index (χ1v) is 12.4. The molecule has 0 aromatic heterocycles. The van der Waals surface area contributed by atoms with Gasteiger partial charge < -0.3 is 46.6 Å². The first-order chi connectivity index (χ1) is 15.3. The van der Waals surface area contributed by atoms with Crippen LogP contribution in [0.5, 0.6) is 0 Å². The van der Waals surface area contributed by atoms with E-state index in [0.717, 1.165) is 19.3 Å². The molecule has 9 nitrogen and oxygen atoms in total. The van der Waals surface area contributed by atoms with Gasteiger partial charge in [-0.15, -0.1) is 0 Å². The fourth-order valence-corrected chi connectivity index (χ4v) is 4.12. The SMILES string of the molecule is CCCCCCCCCCCCC/C=C/[C@@H](O)[C@@H](N)C(O)C1O[C@H](CO)[C@@H](O)[C@H](O)[C@H]1O.O. The van der Waals surface area contributed by atoms with Crippen LogP contribution in [0.15, 0.2) is 12.2 Å². The third-order valence-electron chi connectivity index (χ3n) is 6.36. The Balaban J connectivity index is 0.0000102. The van der Waals surface area contributed by atoms with E-state index in [1.807, 2.05) is 6.08 Å². The Bertz CT molecular complexity index is 493. The molecule has 1 heterocycles. The van der Waals surface area contributed by atoms with Gasteiger partial charge in [-0.1, -0.05) is 83.3 Å². The molecule has 1 aliphatic heterocycles. The Kier molecular flexibility index (Phi) is 18.3. The molecule has 0 amide bonds. The van der Waals surface area contributed by atoms with E-state index >= 15 is 0 Å². The van der Waals surface area contributed by atoms with Crippen molar-refractivity contribution in [3.8, 4) is 0 Å². The lowest BCUT2D eigenvalue weighted by molar-refractivity contribution is -0.252. The van der Waals surface area contributed by atoms with Crippen molar-refractivity contribution < 1.29 is 40.9 Å². The van der Waals surface area contributed by atoms with E-state index in [4.69, 9.17) is 10.5 Å². The summed E-state index contributed by atoms with van der Waals surface area (Å²) < 4.78 is 5.31. The number of unbranched alkanes of at least 4 members (excludes halogenated alkanes) is 11. The van der Waals surface area contributed by atoms with Crippen LogP contribution in [0.1, 0.15) is 84.0 Å². The van der Waals surface area contributed by atoms with Crippen molar-refractivity contribution in [1.82, 2.24) is 0 Å². The monoisotopic (exact) mass is 479 g/mol. The summed E-state index contributed by atoms with van der Waals surface area (Å²) in [5.74, 6) is 0. The minimum Gasteiger partial charge on any atom is -0.412 e. The van der Waals surface area contributed by atoms with Crippen LogP contribution >= 0.6 is 0 Å². The van der Waals surface area contributed by atoms with Crippen molar-refractivity contribution in [2.45, 2.75) is 133 Å². The fraction of sp³-hybridized carbons (Fsp3) is 0.917. The topological polar surface area (TPSA) is 188 Å². The smallest absolute Gasteiger partial charge is 0.114 e. The summed E-state index contributed by atoms with van der Waals surface area (Å²) in [6, 6.07) is -1.16. The standard InChI is InChI=1S/C24H47NO7.H2O/c1-2-3-4-5-6-7-8-9-10-11-12-13-14-15-17(27)19(25)21(29)24-23(31)22(30)20(28)18(16-26)32-24;/h14-15,17-24,26-31H,2-13,16,25H2,1H3;1H2/b15-14+;/t17-,18-,19-,20-,21?,22+,23-,24?;/m1./s1. The zero-order valence-electron chi connectivity index (χ0n) is 20.1. The maximum Gasteiger partial charge on any atom is 0.114 e. The molecule has 0 aromatic carbocycles. The van der Waals surface area contributed by atoms with Crippen molar-refractivity contribution in [2.24, 2.45) is 5.73 Å². The van der Waals surface area contributed by atoms with E-state index in [1.165, 1.54) is 63.9 Å². The largest absolute Gasteiger partial charge is 0.412 e. The van der Waals surface area contributed by atoms with E-state index in [1.54, 1.807) is 0 Å². The van der Waals surface area contributed by atoms with Gasteiger partial charge in [0.15, 0.2) is 0 Å². The van der Waals surface area contributed by atoms with Gasteiger partial charge in [0.25, 0.3) is 0 Å². The van der Waals surface area contributed by atoms with E-state index in [2.05, 4.69) is 6.92 Å². The van der Waals surface area contributed by atoms with Crippen LogP contribution in [0, 0.1) is 0 Å². The summed E-state index contributed by atoms with van der Waals surface area (Å²) in [7, 11) is 0. The third kappa shape index (κ3) is 11.6. The molecule has 198 valence electrons. The Hall–Kier alpha value is -0.620. The van der Waals surface area contributed by atoms with E-state index in [-0.39, 0.29) is 5.48 Å². The summed E-state index contributed by atoms with van der Waals surface area (Å²) in [5, 5.41) is 59.7. The average molecular weight is 480 g/mol. The van der Waals surface area contributed by atoms with Crippen LogP contribution < -0.4 is 5.73 Å². The Labute approximate surface area is 198 Å². The molecular weight excluding hydrogens is 430 g/mol. The normalized spacial score (nSPS) is 28.4. The highest BCUT2D eigenvalue weighted by Crippen LogP contribution is 2.25. The summed E-state index contributed by atoms with van der Waals surface area (Å²) in [5.41, 5.74) is 5.92. The molecule has 1 saturated heterocycles. The molecule has 0 aliphatic carbocycles. The van der Waals surface area contributed by atoms with Gasteiger partial charge in [-0.25, -0.2) is 0 Å². The molecule has 0 spiro atoms. The molecule has 9 heteroatoms. The van der Waals surface area contributed by atoms with Gasteiger partial charge in [0.05, 0.1) is 18.8 Å². The lowest BCUT2D eigenvalue weighted by Gasteiger charge is -2.43. The number of hydrogen-bond acceptors (Lipinski definition) is 8. The Morgan fingerprint density at radius 1 is 0.818 bits per heavy atom. The van der Waals surface area contributed by atoms with Gasteiger partial charge >= 0.3 is 0 Å². The molecule has 8 atom stereocenters. The molecule has 0 saturated carbocycles. The van der Waals surface area contributed by atoms with Crippen molar-refractivity contribution in [1.29, 1.82) is 0 Å². The number of rotatable bonds is 17. The average Bonchev–Trinajstić information content (AvgIpc) is 2.79. The predicted octanol–water partition coefficient (Wildman–Crippen LogP) is 0.311. The molecule has 1 aliphatic rings. The Morgan fingerprint density at radius 3 is 1.85 bits per heavy atom. The molecule has 1 rings (SSSR count).